The van der Waals surface area contributed by atoms with Crippen LogP contribution < -0.4 is 9.75 Å². The minimum atomic E-state index is -1.09. The molecule has 1 rings (SSSR count). The highest BCUT2D eigenvalue weighted by Gasteiger charge is 2.21. The fourth-order valence-corrected chi connectivity index (χ4v) is 1.64. The molecule has 0 radical (unpaired) electrons. The van der Waals surface area contributed by atoms with E-state index in [0.717, 1.165) is 5.01 Å². The molecule has 1 aromatic carbocycles. The van der Waals surface area contributed by atoms with Gasteiger partial charge in [0.05, 0.1) is 24.2 Å². The van der Waals surface area contributed by atoms with Gasteiger partial charge in [-0.3, -0.25) is 0 Å². The molecule has 0 fully saturated rings. The van der Waals surface area contributed by atoms with E-state index in [0.29, 0.717) is 17.0 Å². The van der Waals surface area contributed by atoms with Crippen LogP contribution in [0.3, 0.4) is 0 Å². The number of nitroso groups, excluding NO2 is 1. The van der Waals surface area contributed by atoms with E-state index >= 15 is 0 Å². The van der Waals surface area contributed by atoms with Crippen molar-refractivity contribution in [2.45, 2.75) is 26.2 Å². The van der Waals surface area contributed by atoms with Gasteiger partial charge < -0.3 is 14.9 Å². The maximum atomic E-state index is 10.7. The number of halogens is 1. The Morgan fingerprint density at radius 1 is 1.33 bits per heavy atom. The Kier molecular flexibility index (Phi) is 6.61. The lowest BCUT2D eigenvalue weighted by Gasteiger charge is -2.23. The zero-order valence-electron chi connectivity index (χ0n) is 10.4. The minimum Gasteiger partial charge on any atom is -0.496 e. The molecule has 2 atom stereocenters. The zero-order valence-corrected chi connectivity index (χ0v) is 11.2. The van der Waals surface area contributed by atoms with Crippen molar-refractivity contribution < 1.29 is 14.9 Å². The predicted molar refractivity (Wildman–Crippen MR) is 70.8 cm³/mol. The third-order valence-corrected chi connectivity index (χ3v) is 2.37. The Morgan fingerprint density at radius 2 is 1.94 bits per heavy atom. The van der Waals surface area contributed by atoms with Gasteiger partial charge in [0.1, 0.15) is 12.0 Å². The van der Waals surface area contributed by atoms with Crippen LogP contribution >= 0.6 is 12.4 Å². The van der Waals surface area contributed by atoms with E-state index in [1.54, 1.807) is 25.1 Å². The molecule has 0 bridgehead atoms. The Labute approximate surface area is 112 Å². The van der Waals surface area contributed by atoms with Crippen molar-refractivity contribution in [3.8, 4) is 5.75 Å². The molecule has 2 unspecified atom stereocenters. The monoisotopic (exact) mass is 276 g/mol. The maximum absolute atomic E-state index is 10.7. The number of rotatable bonds is 5. The molecule has 18 heavy (non-hydrogen) atoms. The third-order valence-electron chi connectivity index (χ3n) is 2.37. The second-order valence-corrected chi connectivity index (χ2v) is 3.63. The van der Waals surface area contributed by atoms with Crippen LogP contribution in [0.5, 0.6) is 5.75 Å². The smallest absolute Gasteiger partial charge is 0.148 e. The van der Waals surface area contributed by atoms with E-state index in [1.165, 1.54) is 14.0 Å². The van der Waals surface area contributed by atoms with E-state index < -0.39 is 12.3 Å². The summed E-state index contributed by atoms with van der Waals surface area (Å²) in [7, 11) is 1.46. The average Bonchev–Trinajstić information content (AvgIpc) is 2.28. The van der Waals surface area contributed by atoms with Crippen LogP contribution in [0.15, 0.2) is 23.5 Å². The molecule has 0 spiro atoms. The number of nitrogens with zero attached hydrogens (tertiary/aromatic N) is 2. The molecule has 0 saturated carbocycles. The summed E-state index contributed by atoms with van der Waals surface area (Å²) in [4.78, 5) is 10.7. The fourth-order valence-electron chi connectivity index (χ4n) is 1.64. The van der Waals surface area contributed by atoms with Gasteiger partial charge in [0, 0.05) is 5.56 Å². The molecule has 0 aliphatic heterocycles. The van der Waals surface area contributed by atoms with E-state index in [2.05, 4.69) is 5.29 Å². The predicted octanol–water partition coefficient (Wildman–Crippen LogP) is 2.00. The first-order valence-electron chi connectivity index (χ1n) is 5.18. The average molecular weight is 277 g/mol. The van der Waals surface area contributed by atoms with E-state index in [9.17, 15) is 15.1 Å². The summed E-state index contributed by atoms with van der Waals surface area (Å²) in [5.74, 6) is 0.437. The van der Waals surface area contributed by atoms with Crippen LogP contribution in [-0.2, 0) is 0 Å². The van der Waals surface area contributed by atoms with Crippen molar-refractivity contribution in [1.29, 1.82) is 0 Å². The maximum Gasteiger partial charge on any atom is 0.148 e. The molecule has 0 saturated heterocycles. The molecule has 0 aliphatic rings. The first-order chi connectivity index (χ1) is 8.02. The first-order valence-corrected chi connectivity index (χ1v) is 5.18. The van der Waals surface area contributed by atoms with Gasteiger partial charge in [-0.1, -0.05) is 6.07 Å². The number of benzene rings is 1. The molecule has 0 aliphatic carbocycles. The van der Waals surface area contributed by atoms with Crippen LogP contribution in [0, 0.1) is 4.91 Å². The van der Waals surface area contributed by atoms with Crippen LogP contribution in [0.1, 0.15) is 25.5 Å². The third kappa shape index (κ3) is 3.32. The Bertz CT molecular complexity index is 399. The minimum absolute atomic E-state index is 0. The van der Waals surface area contributed by atoms with Crippen LogP contribution in [0.25, 0.3) is 0 Å². The van der Waals surface area contributed by atoms with Crippen molar-refractivity contribution in [1.82, 2.24) is 0 Å². The van der Waals surface area contributed by atoms with Crippen molar-refractivity contribution in [3.05, 3.63) is 28.7 Å². The summed E-state index contributed by atoms with van der Waals surface area (Å²) in [6.45, 7) is 2.96. The second-order valence-electron chi connectivity index (χ2n) is 3.63. The number of ether oxygens (including phenoxy) is 1. The highest BCUT2D eigenvalue weighted by Crippen LogP contribution is 2.35. The standard InChI is InChI=1S/C11H16N2O4.ClH/c1-7(14)11-9(13(12-16)8(2)15)5-4-6-10(11)17-3;/h4-8,14-15H,1-3H3;1H. The van der Waals surface area contributed by atoms with Crippen LogP contribution in [0.2, 0.25) is 0 Å². The van der Waals surface area contributed by atoms with Gasteiger partial charge in [-0.25, -0.2) is 5.01 Å². The van der Waals surface area contributed by atoms with Gasteiger partial charge in [-0.05, 0) is 26.0 Å². The highest BCUT2D eigenvalue weighted by molar-refractivity contribution is 5.85. The molecule has 2 N–H and O–H groups in total. The molecule has 1 aromatic rings. The SMILES string of the molecule is COc1cccc(N(N=O)C(C)O)c1C(C)O.Cl. The molecule has 7 heteroatoms. The Morgan fingerprint density at radius 3 is 2.33 bits per heavy atom. The Balaban J connectivity index is 0.00000289. The number of aliphatic hydroxyl groups excluding tert-OH is 2. The van der Waals surface area contributed by atoms with E-state index in [-0.39, 0.29) is 12.4 Å². The summed E-state index contributed by atoms with van der Waals surface area (Å²) < 4.78 is 5.11. The first kappa shape index (κ1) is 16.6. The zero-order chi connectivity index (χ0) is 13.0. The summed E-state index contributed by atoms with van der Waals surface area (Å²) in [6, 6.07) is 4.90. The molecular formula is C11H17ClN2O4. The lowest BCUT2D eigenvalue weighted by molar-refractivity contribution is 0.181. The Hall–Kier alpha value is -1.37. The van der Waals surface area contributed by atoms with Gasteiger partial charge in [0.15, 0.2) is 0 Å². The molecule has 102 valence electrons. The second kappa shape index (κ2) is 7.15. The quantitative estimate of drug-likeness (QED) is 0.488. The summed E-state index contributed by atoms with van der Waals surface area (Å²) >= 11 is 0. The summed E-state index contributed by atoms with van der Waals surface area (Å²) in [5.41, 5.74) is 0.736. The van der Waals surface area contributed by atoms with Gasteiger partial charge >= 0.3 is 0 Å². The lowest BCUT2D eigenvalue weighted by atomic mass is 10.1. The van der Waals surface area contributed by atoms with Crippen LogP contribution in [-0.4, -0.2) is 23.6 Å². The molecule has 0 heterocycles. The van der Waals surface area contributed by atoms with Gasteiger partial charge in [-0.2, -0.15) is 0 Å². The normalized spacial score (nSPS) is 13.2. The largest absolute Gasteiger partial charge is 0.496 e. The topological polar surface area (TPSA) is 82.4 Å². The lowest BCUT2D eigenvalue weighted by Crippen LogP contribution is -2.28. The summed E-state index contributed by atoms with van der Waals surface area (Å²) in [5, 5.41) is 22.8. The van der Waals surface area contributed by atoms with Crippen molar-refractivity contribution >= 4 is 18.1 Å². The molecular weight excluding hydrogens is 260 g/mol. The van der Waals surface area contributed by atoms with E-state index in [1.807, 2.05) is 0 Å². The van der Waals surface area contributed by atoms with Crippen molar-refractivity contribution in [2.75, 3.05) is 12.1 Å². The van der Waals surface area contributed by atoms with Crippen molar-refractivity contribution in [3.63, 3.8) is 0 Å². The van der Waals surface area contributed by atoms with Gasteiger partial charge in [0.2, 0.25) is 0 Å². The number of hydrogen-bond donors (Lipinski definition) is 2. The molecule has 6 nitrogen and oxygen atoms in total. The number of hydrogen-bond acceptors (Lipinski definition) is 5. The number of aliphatic hydroxyl groups is 2. The number of methoxy groups -OCH3 is 1. The number of anilines is 1. The van der Waals surface area contributed by atoms with Gasteiger partial charge in [0.25, 0.3) is 0 Å². The van der Waals surface area contributed by atoms with Crippen LogP contribution in [0.4, 0.5) is 5.69 Å². The fraction of sp³-hybridized carbons (Fsp3) is 0.455. The van der Waals surface area contributed by atoms with Gasteiger partial charge in [-0.15, -0.1) is 17.3 Å². The highest BCUT2D eigenvalue weighted by atomic mass is 35.5. The van der Waals surface area contributed by atoms with Crippen molar-refractivity contribution in [2.24, 2.45) is 5.29 Å². The molecule has 0 amide bonds. The summed E-state index contributed by atoms with van der Waals surface area (Å²) in [6.07, 6.45) is -1.93. The van der Waals surface area contributed by atoms with E-state index in [4.69, 9.17) is 4.74 Å². The molecule has 0 aromatic heterocycles.